The molecule has 0 aliphatic heterocycles. The summed E-state index contributed by atoms with van der Waals surface area (Å²) < 4.78 is 17.6. The Bertz CT molecular complexity index is 1560. The van der Waals surface area contributed by atoms with E-state index >= 15 is 0 Å². The highest BCUT2D eigenvalue weighted by molar-refractivity contribution is 6.99. The lowest BCUT2D eigenvalue weighted by molar-refractivity contribution is 0.0397. The highest BCUT2D eigenvalue weighted by Crippen LogP contribution is 2.35. The molecule has 0 spiro atoms. The van der Waals surface area contributed by atoms with Crippen molar-refractivity contribution in [3.05, 3.63) is 90.6 Å². The predicted molar refractivity (Wildman–Crippen MR) is 176 cm³/mol. The number of aromatic nitrogens is 3. The monoisotopic (exact) mass is 631 g/mol. The number of esters is 1. The molecule has 0 aliphatic rings. The number of carbonyl (C=O) groups is 2. The second-order valence-corrected chi connectivity index (χ2v) is 17.4. The van der Waals surface area contributed by atoms with Crippen LogP contribution in [0, 0.1) is 0 Å². The Labute approximate surface area is 265 Å². The third-order valence-electron chi connectivity index (χ3n) is 7.32. The predicted octanol–water partition coefficient (Wildman–Crippen LogP) is 4.42. The first kappa shape index (κ1) is 33.4. The van der Waals surface area contributed by atoms with Crippen LogP contribution in [0.25, 0.3) is 11.3 Å². The largest absolute Gasteiger partial charge is 0.522 e. The van der Waals surface area contributed by atoms with Crippen LogP contribution in [0.4, 0.5) is 4.79 Å². The van der Waals surface area contributed by atoms with Crippen molar-refractivity contribution in [1.29, 1.82) is 0 Å². The smallest absolute Gasteiger partial charge is 0.457 e. The molecule has 0 fully saturated rings. The first-order valence-electron chi connectivity index (χ1n) is 14.8. The van der Waals surface area contributed by atoms with E-state index < -0.39 is 32.0 Å². The van der Waals surface area contributed by atoms with Gasteiger partial charge in [-0.2, -0.15) is 0 Å². The van der Waals surface area contributed by atoms with Gasteiger partial charge in [-0.1, -0.05) is 86.6 Å². The molecular weight excluding hydrogens is 588 g/mol. The number of aliphatic hydroxyl groups is 1. The Hall–Kier alpha value is -4.48. The van der Waals surface area contributed by atoms with Crippen molar-refractivity contribution >= 4 is 30.8 Å². The minimum Gasteiger partial charge on any atom is -0.522 e. The molecule has 0 unspecified atom stereocenters. The molecule has 1 heterocycles. The first-order valence-corrected chi connectivity index (χ1v) is 16.8. The number of nitrogens with one attached hydrogen (secondary N) is 1. The van der Waals surface area contributed by atoms with Crippen molar-refractivity contribution in [3.63, 3.8) is 0 Å². The highest BCUT2D eigenvalue weighted by atomic mass is 28.4. The first-order chi connectivity index (χ1) is 21.2. The number of benzene rings is 3. The van der Waals surface area contributed by atoms with E-state index in [1.54, 1.807) is 16.9 Å². The molecule has 0 saturated heterocycles. The third kappa shape index (κ3) is 8.17. The molecule has 4 aromatic rings. The normalized spacial score (nSPS) is 12.8. The maximum Gasteiger partial charge on any atom is 0.457 e. The molecule has 4 rings (SSSR count). The summed E-state index contributed by atoms with van der Waals surface area (Å²) in [5, 5.41) is 23.9. The number of ether oxygens (including phenoxy) is 2. The minimum atomic E-state index is -2.79. The average Bonchev–Trinajstić information content (AvgIpc) is 3.44. The summed E-state index contributed by atoms with van der Waals surface area (Å²) in [7, 11) is -1.51. The van der Waals surface area contributed by atoms with Crippen LogP contribution in [0.15, 0.2) is 85.1 Å². The van der Waals surface area contributed by atoms with Gasteiger partial charge in [0.25, 0.3) is 0 Å². The van der Waals surface area contributed by atoms with E-state index in [1.807, 2.05) is 57.2 Å². The summed E-state index contributed by atoms with van der Waals surface area (Å²) in [5.41, 5.74) is 0.443. The van der Waals surface area contributed by atoms with Gasteiger partial charge >= 0.3 is 20.4 Å². The number of aromatic hydroxyl groups is 1. The summed E-state index contributed by atoms with van der Waals surface area (Å²) in [5.74, 6) is -0.679. The Balaban J connectivity index is 1.68. The molecule has 1 amide bonds. The van der Waals surface area contributed by atoms with Crippen LogP contribution in [0.2, 0.25) is 5.04 Å². The van der Waals surface area contributed by atoms with Crippen LogP contribution in [0.3, 0.4) is 0 Å². The number of rotatable bonds is 10. The molecule has 238 valence electrons. The number of alkyl carbamates (subject to hydrolysis) is 1. The zero-order chi connectivity index (χ0) is 32.8. The van der Waals surface area contributed by atoms with Gasteiger partial charge in [-0.3, -0.25) is 0 Å². The summed E-state index contributed by atoms with van der Waals surface area (Å²) in [6, 6.07) is 24.7. The second kappa shape index (κ2) is 13.7. The second-order valence-electron chi connectivity index (χ2n) is 13.0. The van der Waals surface area contributed by atoms with Gasteiger partial charge in [0.2, 0.25) is 0 Å². The van der Waals surface area contributed by atoms with Crippen molar-refractivity contribution in [2.45, 2.75) is 64.8 Å². The number of phenols is 1. The summed E-state index contributed by atoms with van der Waals surface area (Å²) in [6.07, 6.45) is 1.14. The molecule has 3 N–H and O–H groups in total. The fraction of sp³-hybridized carbons (Fsp3) is 0.353. The van der Waals surface area contributed by atoms with Crippen LogP contribution in [-0.2, 0) is 16.0 Å². The Kier molecular flexibility index (Phi) is 10.1. The van der Waals surface area contributed by atoms with Crippen LogP contribution < -0.4 is 15.7 Å². The maximum absolute atomic E-state index is 13.0. The fourth-order valence-electron chi connectivity index (χ4n) is 5.42. The van der Waals surface area contributed by atoms with E-state index in [4.69, 9.17) is 13.9 Å². The van der Waals surface area contributed by atoms with Gasteiger partial charge in [-0.05, 0) is 39.0 Å². The van der Waals surface area contributed by atoms with Gasteiger partial charge in [-0.15, -0.1) is 5.10 Å². The van der Waals surface area contributed by atoms with Crippen molar-refractivity contribution in [2.75, 3.05) is 13.7 Å². The van der Waals surface area contributed by atoms with E-state index in [0.717, 1.165) is 0 Å². The molecule has 10 nitrogen and oxygen atoms in total. The van der Waals surface area contributed by atoms with Crippen LogP contribution in [0.5, 0.6) is 5.75 Å². The standard InChI is InChI=1S/C34H42N4O6Si/c1-33(2,3)44-32(41)35-26(21-38-22-30(36-37-38)24-18-25(31(40)42-7)20-27(39)19-24)23-43-45(34(4,5)6,28-14-10-8-11-15-28)29-16-12-9-13-17-29/h8-20,22,26,39H,21,23H2,1-7H3,(H,35,41)/p+1/t26-/m1/s1. The zero-order valence-corrected chi connectivity index (χ0v) is 27.9. The Morgan fingerprint density at radius 3 is 2.09 bits per heavy atom. The van der Waals surface area contributed by atoms with Crippen molar-refractivity contribution in [1.82, 2.24) is 20.3 Å². The Morgan fingerprint density at radius 2 is 1.56 bits per heavy atom. The molecule has 11 heteroatoms. The molecule has 1 atom stereocenters. The number of nitrogens with zero attached hydrogens (tertiary/aromatic N) is 3. The Morgan fingerprint density at radius 1 is 0.956 bits per heavy atom. The SMILES string of the molecule is COC(=O)c1cc(O)cc(-c2cn(C[C@H](C[OH+][Si](c3ccccc3)(c3ccccc3)C(C)(C)C)NC(=O)OC(C)(C)C)nn2)c1. The molecule has 3 aromatic carbocycles. The average molecular weight is 632 g/mol. The number of hydrogen-bond donors (Lipinski definition) is 2. The van der Waals surface area contributed by atoms with Gasteiger partial charge in [0.05, 0.1) is 25.4 Å². The van der Waals surface area contributed by atoms with E-state index in [1.165, 1.54) is 29.6 Å². The van der Waals surface area contributed by atoms with Crippen molar-refractivity contribution < 1.29 is 28.6 Å². The van der Waals surface area contributed by atoms with Gasteiger partial charge in [-0.25, -0.2) is 14.3 Å². The summed E-state index contributed by atoms with van der Waals surface area (Å²) in [6.45, 7) is 12.7. The van der Waals surface area contributed by atoms with Crippen molar-refractivity contribution in [3.8, 4) is 17.0 Å². The summed E-state index contributed by atoms with van der Waals surface area (Å²) in [4.78, 5) is 25.1. The lowest BCUT2D eigenvalue weighted by atomic mass is 10.1. The number of carbonyl (C=O) groups excluding carboxylic acids is 2. The van der Waals surface area contributed by atoms with Crippen LogP contribution in [0.1, 0.15) is 51.9 Å². The number of amides is 1. The third-order valence-corrected chi connectivity index (χ3v) is 12.5. The van der Waals surface area contributed by atoms with E-state index in [-0.39, 0.29) is 22.9 Å². The van der Waals surface area contributed by atoms with E-state index in [0.29, 0.717) is 17.9 Å². The van der Waals surface area contributed by atoms with Crippen molar-refractivity contribution in [2.24, 2.45) is 0 Å². The number of hydrogen-bond acceptors (Lipinski definition) is 7. The maximum atomic E-state index is 13.0. The van der Waals surface area contributed by atoms with Gasteiger partial charge in [0.1, 0.15) is 29.7 Å². The van der Waals surface area contributed by atoms with Crippen LogP contribution >= 0.6 is 0 Å². The molecule has 0 radical (unpaired) electrons. The van der Waals surface area contributed by atoms with Gasteiger partial charge in [0.15, 0.2) is 0 Å². The molecule has 0 aliphatic carbocycles. The molecule has 0 bridgehead atoms. The number of methoxy groups -OCH3 is 1. The highest BCUT2D eigenvalue weighted by Gasteiger charge is 2.59. The zero-order valence-electron chi connectivity index (χ0n) is 26.9. The van der Waals surface area contributed by atoms with Crippen LogP contribution in [-0.4, -0.2) is 70.3 Å². The fourth-order valence-corrected chi connectivity index (χ4v) is 10.2. The van der Waals surface area contributed by atoms with Gasteiger partial charge < -0.3 is 24.3 Å². The van der Waals surface area contributed by atoms with E-state index in [2.05, 4.69) is 60.7 Å². The topological polar surface area (TPSA) is 128 Å². The molecule has 45 heavy (non-hydrogen) atoms. The number of phenolic OH excluding ortho intramolecular Hbond substituents is 1. The molecular formula is C34H43N4O6Si+. The van der Waals surface area contributed by atoms with E-state index in [9.17, 15) is 14.7 Å². The molecule has 0 saturated carbocycles. The minimum absolute atomic E-state index is 0.101. The quantitative estimate of drug-likeness (QED) is 0.151. The van der Waals surface area contributed by atoms with Gasteiger partial charge in [0, 0.05) is 21.0 Å². The molecule has 1 aromatic heterocycles. The lowest BCUT2D eigenvalue weighted by Gasteiger charge is -2.38. The lowest BCUT2D eigenvalue weighted by Crippen LogP contribution is -2.69. The summed E-state index contributed by atoms with van der Waals surface area (Å²) >= 11 is 0.